The van der Waals surface area contributed by atoms with Crippen LogP contribution in [0.2, 0.25) is 0 Å². The van der Waals surface area contributed by atoms with Gasteiger partial charge in [-0.15, -0.1) is 0 Å². The molecule has 6 rings (SSSR count). The Balaban J connectivity index is 1.15. The van der Waals surface area contributed by atoms with Gasteiger partial charge in [0.25, 0.3) is 5.88 Å². The Kier molecular flexibility index (Phi) is 10.00. The zero-order valence-corrected chi connectivity index (χ0v) is 25.6. The number of ketones is 1. The molecule has 0 bridgehead atoms. The van der Waals surface area contributed by atoms with Crippen molar-refractivity contribution in [2.75, 3.05) is 39.5 Å². The van der Waals surface area contributed by atoms with Crippen LogP contribution in [0.4, 0.5) is 0 Å². The predicted octanol–water partition coefficient (Wildman–Crippen LogP) is 5.18. The molecule has 4 aromatic rings. The van der Waals surface area contributed by atoms with Gasteiger partial charge in [0.15, 0.2) is 11.4 Å². The molecule has 1 saturated heterocycles. The third-order valence-electron chi connectivity index (χ3n) is 8.43. The Morgan fingerprint density at radius 3 is 2.61 bits per heavy atom. The molecule has 1 aromatic heterocycles. The molecule has 0 atom stereocenters. The van der Waals surface area contributed by atoms with Crippen LogP contribution in [0.5, 0.6) is 23.1 Å². The average molecular weight is 631 g/mol. The summed E-state index contributed by atoms with van der Waals surface area (Å²) in [5.74, 6) is 0.00582. The second-order valence-electron chi connectivity index (χ2n) is 11.7. The van der Waals surface area contributed by atoms with Gasteiger partial charge in [0.2, 0.25) is 0 Å². The van der Waals surface area contributed by atoms with E-state index in [-0.39, 0.29) is 54.5 Å². The highest BCUT2D eigenvalue weighted by Crippen LogP contribution is 2.31. The highest BCUT2D eigenvalue weighted by molar-refractivity contribution is 6.11. The maximum absolute atomic E-state index is 13.5. The molecular formula is C35H38N2O9. The van der Waals surface area contributed by atoms with E-state index in [1.807, 2.05) is 0 Å². The van der Waals surface area contributed by atoms with E-state index in [9.17, 15) is 19.8 Å². The van der Waals surface area contributed by atoms with Crippen LogP contribution in [0.25, 0.3) is 11.0 Å². The third-order valence-corrected chi connectivity index (χ3v) is 8.43. The van der Waals surface area contributed by atoms with Gasteiger partial charge in [-0.05, 0) is 90.9 Å². The van der Waals surface area contributed by atoms with Crippen LogP contribution in [0.15, 0.2) is 59.1 Å². The fraction of sp³-hybridized carbons (Fsp3) is 0.400. The van der Waals surface area contributed by atoms with Crippen LogP contribution in [-0.2, 0) is 27.3 Å². The Morgan fingerprint density at radius 2 is 1.80 bits per heavy atom. The second-order valence-corrected chi connectivity index (χ2v) is 11.7. The van der Waals surface area contributed by atoms with Crippen molar-refractivity contribution < 1.29 is 43.3 Å². The van der Waals surface area contributed by atoms with Gasteiger partial charge in [0, 0.05) is 37.7 Å². The number of hydrogen-bond donors (Lipinski definition) is 2. The monoisotopic (exact) mass is 630 g/mol. The molecule has 11 nitrogen and oxygen atoms in total. The standard InChI is InChI=1S/C35H38N2O9/c38-30-21-27(45-26-3-1-2-4-26)8-10-28(30)34(40)25-6-11-31(44-22-23-5-9-29-32(19-23)46-36-35(29)41)24(20-25)7-12-33(39)43-18-15-37-13-16-42-17-14-37/h5-6,8-11,19-21,26,38H,1-4,7,12-18,22H2,(H,36,41). The number of phenols is 1. The summed E-state index contributed by atoms with van der Waals surface area (Å²) in [6.45, 7) is 4.10. The van der Waals surface area contributed by atoms with Crippen molar-refractivity contribution in [3.63, 3.8) is 0 Å². The van der Waals surface area contributed by atoms with Crippen molar-refractivity contribution in [1.29, 1.82) is 0 Å². The molecule has 0 unspecified atom stereocenters. The number of benzene rings is 3. The van der Waals surface area contributed by atoms with E-state index >= 15 is 0 Å². The van der Waals surface area contributed by atoms with Crippen molar-refractivity contribution >= 4 is 22.7 Å². The maximum Gasteiger partial charge on any atom is 0.306 e. The summed E-state index contributed by atoms with van der Waals surface area (Å²) >= 11 is 0. The SMILES string of the molecule is O=C(CCc1cc(C(=O)c2ccc(OC3CCCC3)cc2O)ccc1OCc1ccc2c(O)noc2c1)OCCN1CCOCC1. The van der Waals surface area contributed by atoms with Crippen LogP contribution in [-0.4, -0.2) is 77.6 Å². The Bertz CT molecular complexity index is 1670. The summed E-state index contributed by atoms with van der Waals surface area (Å²) in [5, 5.41) is 24.6. The molecule has 242 valence electrons. The Morgan fingerprint density at radius 1 is 0.978 bits per heavy atom. The fourth-order valence-electron chi connectivity index (χ4n) is 5.83. The average Bonchev–Trinajstić information content (AvgIpc) is 3.72. The highest BCUT2D eigenvalue weighted by Gasteiger charge is 2.20. The second kappa shape index (κ2) is 14.7. The molecule has 1 aliphatic heterocycles. The summed E-state index contributed by atoms with van der Waals surface area (Å²) in [4.78, 5) is 28.4. The van der Waals surface area contributed by atoms with E-state index in [0.29, 0.717) is 60.0 Å². The number of aromatic hydroxyl groups is 2. The first-order valence-corrected chi connectivity index (χ1v) is 15.8. The number of rotatable bonds is 13. The van der Waals surface area contributed by atoms with Crippen LogP contribution in [0.1, 0.15) is 59.2 Å². The number of carbonyl (C=O) groups is 2. The summed E-state index contributed by atoms with van der Waals surface area (Å²) in [5.41, 5.74) is 2.36. The smallest absolute Gasteiger partial charge is 0.306 e. The first kappa shape index (κ1) is 31.4. The third kappa shape index (κ3) is 7.78. The number of nitrogens with zero attached hydrogens (tertiary/aromatic N) is 2. The first-order valence-electron chi connectivity index (χ1n) is 15.8. The van der Waals surface area contributed by atoms with E-state index in [1.165, 1.54) is 6.07 Å². The molecule has 2 fully saturated rings. The van der Waals surface area contributed by atoms with E-state index in [0.717, 1.165) is 44.3 Å². The lowest BCUT2D eigenvalue weighted by atomic mass is 9.98. The number of morpholine rings is 1. The van der Waals surface area contributed by atoms with Crippen molar-refractivity contribution in [3.05, 3.63) is 76.9 Å². The van der Waals surface area contributed by atoms with Crippen molar-refractivity contribution in [2.24, 2.45) is 0 Å². The van der Waals surface area contributed by atoms with Gasteiger partial charge in [-0.2, -0.15) is 0 Å². The van der Waals surface area contributed by atoms with E-state index < -0.39 is 0 Å². The molecule has 1 saturated carbocycles. The number of esters is 1. The van der Waals surface area contributed by atoms with Gasteiger partial charge >= 0.3 is 5.97 Å². The molecule has 0 radical (unpaired) electrons. The zero-order valence-electron chi connectivity index (χ0n) is 25.6. The van der Waals surface area contributed by atoms with E-state index in [2.05, 4.69) is 10.1 Å². The largest absolute Gasteiger partial charge is 0.507 e. The maximum atomic E-state index is 13.5. The van der Waals surface area contributed by atoms with Gasteiger partial charge in [-0.1, -0.05) is 6.07 Å². The lowest BCUT2D eigenvalue weighted by Gasteiger charge is -2.26. The number of aryl methyl sites for hydroxylation is 1. The van der Waals surface area contributed by atoms with Gasteiger partial charge in [0.1, 0.15) is 30.5 Å². The topological polar surface area (TPSA) is 141 Å². The minimum Gasteiger partial charge on any atom is -0.507 e. The summed E-state index contributed by atoms with van der Waals surface area (Å²) < 4.78 is 28.1. The first-order chi connectivity index (χ1) is 22.4. The van der Waals surface area contributed by atoms with E-state index in [1.54, 1.807) is 48.5 Å². The fourth-order valence-corrected chi connectivity index (χ4v) is 5.83. The number of hydrogen-bond acceptors (Lipinski definition) is 11. The minimum absolute atomic E-state index is 0.0961. The van der Waals surface area contributed by atoms with Crippen molar-refractivity contribution in [1.82, 2.24) is 10.1 Å². The van der Waals surface area contributed by atoms with Crippen molar-refractivity contribution in [3.8, 4) is 23.1 Å². The molecule has 2 aliphatic rings. The normalized spacial score (nSPS) is 15.7. The lowest BCUT2D eigenvalue weighted by molar-refractivity contribution is -0.144. The Labute approximate surface area is 266 Å². The molecule has 2 N–H and O–H groups in total. The molecule has 3 aromatic carbocycles. The molecule has 0 spiro atoms. The summed E-state index contributed by atoms with van der Waals surface area (Å²) in [6, 6.07) is 15.0. The van der Waals surface area contributed by atoms with Crippen LogP contribution in [0, 0.1) is 0 Å². The molecule has 11 heteroatoms. The van der Waals surface area contributed by atoms with Crippen molar-refractivity contribution in [2.45, 2.75) is 51.2 Å². The number of aromatic nitrogens is 1. The van der Waals surface area contributed by atoms with Gasteiger partial charge in [-0.3, -0.25) is 14.5 Å². The Hall–Kier alpha value is -4.61. The summed E-state index contributed by atoms with van der Waals surface area (Å²) in [6.07, 6.45) is 4.73. The summed E-state index contributed by atoms with van der Waals surface area (Å²) in [7, 11) is 0. The molecule has 1 aliphatic carbocycles. The zero-order chi connectivity index (χ0) is 31.9. The number of carbonyl (C=O) groups excluding carboxylic acids is 2. The highest BCUT2D eigenvalue weighted by atomic mass is 16.5. The van der Waals surface area contributed by atoms with E-state index in [4.69, 9.17) is 23.5 Å². The molecule has 2 heterocycles. The lowest BCUT2D eigenvalue weighted by Crippen LogP contribution is -2.38. The number of fused-ring (bicyclic) bond motifs is 1. The molecule has 46 heavy (non-hydrogen) atoms. The molecule has 0 amide bonds. The molecular weight excluding hydrogens is 592 g/mol. The number of ether oxygens (including phenoxy) is 4. The predicted molar refractivity (Wildman–Crippen MR) is 167 cm³/mol. The van der Waals surface area contributed by atoms with Gasteiger partial charge in [0.05, 0.1) is 30.3 Å². The van der Waals surface area contributed by atoms with Gasteiger partial charge < -0.3 is 33.7 Å². The minimum atomic E-state index is -0.360. The van der Waals surface area contributed by atoms with Crippen LogP contribution >= 0.6 is 0 Å². The quantitative estimate of drug-likeness (QED) is 0.149. The van der Waals surface area contributed by atoms with Gasteiger partial charge in [-0.25, -0.2) is 0 Å². The van der Waals surface area contributed by atoms with Crippen LogP contribution < -0.4 is 9.47 Å². The van der Waals surface area contributed by atoms with Crippen LogP contribution in [0.3, 0.4) is 0 Å². The number of phenolic OH excluding ortho intramolecular Hbond substituents is 1.